The summed E-state index contributed by atoms with van der Waals surface area (Å²) in [6.07, 6.45) is 2.00. The van der Waals surface area contributed by atoms with Crippen LogP contribution in [0.2, 0.25) is 0 Å². The molecule has 0 N–H and O–H groups in total. The van der Waals surface area contributed by atoms with Gasteiger partial charge in [-0.25, -0.2) is 4.98 Å². The standard InChI is InChI=1S/C27H21N3O/c1-18-13-15-19(16-14-18)24-25(26(31)20-8-3-2-4-9-20)29-17-7-12-23(29)27-28-21-10-5-6-11-22(21)30(24)27/h2-17,24-25H,1H3/t24-,25+/m1/s1. The van der Waals surface area contributed by atoms with Gasteiger partial charge in [-0.3, -0.25) is 4.79 Å². The molecule has 2 aromatic heterocycles. The first kappa shape index (κ1) is 17.9. The lowest BCUT2D eigenvalue weighted by atomic mass is 9.90. The van der Waals surface area contributed by atoms with E-state index >= 15 is 0 Å². The zero-order valence-corrected chi connectivity index (χ0v) is 17.1. The van der Waals surface area contributed by atoms with Crippen molar-refractivity contribution in [2.75, 3.05) is 0 Å². The first-order valence-electron chi connectivity index (χ1n) is 10.5. The third kappa shape index (κ3) is 2.68. The van der Waals surface area contributed by atoms with Gasteiger partial charge in [0, 0.05) is 11.8 Å². The fraction of sp³-hybridized carbons (Fsp3) is 0.111. The van der Waals surface area contributed by atoms with E-state index in [1.54, 1.807) is 0 Å². The number of aryl methyl sites for hydroxylation is 1. The van der Waals surface area contributed by atoms with Crippen molar-refractivity contribution in [1.29, 1.82) is 0 Å². The molecule has 0 saturated carbocycles. The Bertz CT molecular complexity index is 1410. The molecule has 0 bridgehead atoms. The normalized spacial score (nSPS) is 17.3. The minimum Gasteiger partial charge on any atom is -0.332 e. The Hall–Kier alpha value is -3.92. The van der Waals surface area contributed by atoms with Crippen LogP contribution in [0.1, 0.15) is 33.6 Å². The maximum atomic E-state index is 13.9. The molecule has 4 nitrogen and oxygen atoms in total. The van der Waals surface area contributed by atoms with Gasteiger partial charge in [-0.15, -0.1) is 0 Å². The van der Waals surface area contributed by atoms with Gasteiger partial charge in [0.25, 0.3) is 0 Å². The first-order chi connectivity index (χ1) is 15.2. The molecule has 1 aliphatic rings. The number of ketones is 1. The Kier molecular flexibility index (Phi) is 3.93. The fourth-order valence-corrected chi connectivity index (χ4v) is 4.76. The second-order valence-electron chi connectivity index (χ2n) is 8.13. The van der Waals surface area contributed by atoms with Crippen molar-refractivity contribution in [3.63, 3.8) is 0 Å². The smallest absolute Gasteiger partial charge is 0.188 e. The molecule has 2 atom stereocenters. The van der Waals surface area contributed by atoms with Crippen LogP contribution in [0, 0.1) is 6.92 Å². The van der Waals surface area contributed by atoms with E-state index in [-0.39, 0.29) is 11.8 Å². The van der Waals surface area contributed by atoms with Gasteiger partial charge in [0.1, 0.15) is 6.04 Å². The maximum Gasteiger partial charge on any atom is 0.188 e. The van der Waals surface area contributed by atoms with E-state index in [0.29, 0.717) is 0 Å². The summed E-state index contributed by atoms with van der Waals surface area (Å²) in [5.74, 6) is 1.00. The van der Waals surface area contributed by atoms with Crippen LogP contribution >= 0.6 is 0 Å². The number of carbonyl (C=O) groups is 1. The minimum absolute atomic E-state index is 0.104. The Morgan fingerprint density at radius 1 is 0.839 bits per heavy atom. The molecule has 3 heterocycles. The van der Waals surface area contributed by atoms with Crippen molar-refractivity contribution in [1.82, 2.24) is 14.1 Å². The molecule has 31 heavy (non-hydrogen) atoms. The van der Waals surface area contributed by atoms with Crippen molar-refractivity contribution in [2.24, 2.45) is 0 Å². The van der Waals surface area contributed by atoms with Gasteiger partial charge in [-0.1, -0.05) is 72.3 Å². The van der Waals surface area contributed by atoms with Crippen molar-refractivity contribution in [3.05, 3.63) is 114 Å². The SMILES string of the molecule is Cc1ccc([C@@H]2[C@@H](C(=O)c3ccccc3)n3cccc3-c3nc4ccccc4n32)cc1. The van der Waals surface area contributed by atoms with Crippen LogP contribution in [0.3, 0.4) is 0 Å². The van der Waals surface area contributed by atoms with E-state index in [4.69, 9.17) is 4.98 Å². The molecular weight excluding hydrogens is 382 g/mol. The summed E-state index contributed by atoms with van der Waals surface area (Å²) < 4.78 is 4.35. The molecule has 0 unspecified atom stereocenters. The predicted molar refractivity (Wildman–Crippen MR) is 122 cm³/mol. The minimum atomic E-state index is -0.403. The van der Waals surface area contributed by atoms with Gasteiger partial charge in [-0.2, -0.15) is 0 Å². The molecule has 0 spiro atoms. The number of aromatic nitrogens is 3. The average Bonchev–Trinajstić information content (AvgIpc) is 3.44. The second-order valence-corrected chi connectivity index (χ2v) is 8.13. The highest BCUT2D eigenvalue weighted by Crippen LogP contribution is 2.44. The number of nitrogens with zero attached hydrogens (tertiary/aromatic N) is 3. The predicted octanol–water partition coefficient (Wildman–Crippen LogP) is 5.84. The summed E-state index contributed by atoms with van der Waals surface area (Å²) in [6, 6.07) is 29.7. The lowest BCUT2D eigenvalue weighted by Gasteiger charge is -2.36. The number of benzene rings is 3. The van der Waals surface area contributed by atoms with Crippen LogP contribution in [0.15, 0.2) is 97.2 Å². The lowest BCUT2D eigenvalue weighted by molar-refractivity contribution is 0.0895. The molecule has 1 aliphatic heterocycles. The van der Waals surface area contributed by atoms with Crippen molar-refractivity contribution < 1.29 is 4.79 Å². The number of fused-ring (bicyclic) bond motifs is 5. The van der Waals surface area contributed by atoms with Gasteiger partial charge in [-0.05, 0) is 36.8 Å². The number of para-hydroxylation sites is 2. The molecule has 6 rings (SSSR count). The third-order valence-electron chi connectivity index (χ3n) is 6.23. The lowest BCUT2D eigenvalue weighted by Crippen LogP contribution is -2.34. The fourth-order valence-electron chi connectivity index (χ4n) is 4.76. The van der Waals surface area contributed by atoms with E-state index in [0.717, 1.165) is 33.7 Å². The highest BCUT2D eigenvalue weighted by atomic mass is 16.1. The number of imidazole rings is 1. The van der Waals surface area contributed by atoms with Crippen molar-refractivity contribution in [3.8, 4) is 11.5 Å². The molecule has 0 fully saturated rings. The summed E-state index contributed by atoms with van der Waals surface area (Å²) in [7, 11) is 0. The van der Waals surface area contributed by atoms with E-state index in [1.165, 1.54) is 5.56 Å². The van der Waals surface area contributed by atoms with Crippen LogP contribution in [-0.2, 0) is 0 Å². The maximum absolute atomic E-state index is 13.9. The summed E-state index contributed by atoms with van der Waals surface area (Å²) >= 11 is 0. The molecule has 4 heteroatoms. The van der Waals surface area contributed by atoms with E-state index in [1.807, 2.05) is 66.9 Å². The number of hydrogen-bond donors (Lipinski definition) is 0. The van der Waals surface area contributed by atoms with Crippen LogP contribution < -0.4 is 0 Å². The number of rotatable bonds is 3. The molecule has 0 aliphatic carbocycles. The highest BCUT2D eigenvalue weighted by Gasteiger charge is 2.40. The molecule has 150 valence electrons. The zero-order chi connectivity index (χ0) is 20.9. The molecule has 5 aromatic rings. The van der Waals surface area contributed by atoms with Gasteiger partial charge in [0.05, 0.1) is 22.8 Å². The Labute approximate surface area is 180 Å². The summed E-state index contributed by atoms with van der Waals surface area (Å²) in [4.78, 5) is 18.9. The highest BCUT2D eigenvalue weighted by molar-refractivity contribution is 6.00. The topological polar surface area (TPSA) is 39.8 Å². The van der Waals surface area contributed by atoms with Gasteiger partial charge < -0.3 is 9.13 Å². The largest absolute Gasteiger partial charge is 0.332 e. The van der Waals surface area contributed by atoms with E-state index in [2.05, 4.69) is 46.4 Å². The van der Waals surface area contributed by atoms with Crippen LogP contribution in [0.25, 0.3) is 22.6 Å². The Morgan fingerprint density at radius 2 is 1.58 bits per heavy atom. The van der Waals surface area contributed by atoms with Crippen molar-refractivity contribution >= 4 is 16.8 Å². The summed E-state index contributed by atoms with van der Waals surface area (Å²) in [6.45, 7) is 2.08. The zero-order valence-electron chi connectivity index (χ0n) is 17.1. The Balaban J connectivity index is 1.66. The third-order valence-corrected chi connectivity index (χ3v) is 6.23. The van der Waals surface area contributed by atoms with Gasteiger partial charge in [0.2, 0.25) is 0 Å². The average molecular weight is 403 g/mol. The Morgan fingerprint density at radius 3 is 2.39 bits per heavy atom. The second kappa shape index (κ2) is 6.81. The van der Waals surface area contributed by atoms with Crippen LogP contribution in [0.5, 0.6) is 0 Å². The van der Waals surface area contributed by atoms with Crippen molar-refractivity contribution in [2.45, 2.75) is 19.0 Å². The summed E-state index contributed by atoms with van der Waals surface area (Å²) in [5, 5.41) is 0. The van der Waals surface area contributed by atoms with Gasteiger partial charge in [0.15, 0.2) is 11.6 Å². The number of Topliss-reactive ketones (excluding diaryl/α,β-unsaturated/α-hetero) is 1. The molecule has 3 aromatic carbocycles. The molecule has 0 saturated heterocycles. The summed E-state index contributed by atoms with van der Waals surface area (Å²) in [5.41, 5.74) is 5.97. The van der Waals surface area contributed by atoms with Gasteiger partial charge >= 0.3 is 0 Å². The quantitative estimate of drug-likeness (QED) is 0.355. The molecular formula is C27H21N3O. The number of carbonyl (C=O) groups excluding carboxylic acids is 1. The molecule has 0 amide bonds. The number of hydrogen-bond acceptors (Lipinski definition) is 2. The monoisotopic (exact) mass is 403 g/mol. The molecule has 0 radical (unpaired) electrons. The van der Waals surface area contributed by atoms with Crippen LogP contribution in [0.4, 0.5) is 0 Å². The van der Waals surface area contributed by atoms with E-state index < -0.39 is 6.04 Å². The first-order valence-corrected chi connectivity index (χ1v) is 10.5. The van der Waals surface area contributed by atoms with E-state index in [9.17, 15) is 4.79 Å². The van der Waals surface area contributed by atoms with Crippen LogP contribution in [-0.4, -0.2) is 19.9 Å².